The molecular weight excluding hydrogens is 338 g/mol. The van der Waals surface area contributed by atoms with Gasteiger partial charge in [-0.1, -0.05) is 41.9 Å². The molecule has 4 rings (SSSR count). The zero-order valence-electron chi connectivity index (χ0n) is 13.0. The van der Waals surface area contributed by atoms with Crippen LogP contribution in [-0.4, -0.2) is 14.8 Å². The summed E-state index contributed by atoms with van der Waals surface area (Å²) in [4.78, 5) is 5.87. The van der Waals surface area contributed by atoms with Crippen LogP contribution in [0, 0.1) is 6.92 Å². The fourth-order valence-electron chi connectivity index (χ4n) is 2.60. The van der Waals surface area contributed by atoms with Gasteiger partial charge < -0.3 is 0 Å². The van der Waals surface area contributed by atoms with Gasteiger partial charge in [-0.3, -0.25) is 0 Å². The second kappa shape index (κ2) is 6.23. The maximum absolute atomic E-state index is 5.99. The van der Waals surface area contributed by atoms with Crippen molar-refractivity contribution in [3.8, 4) is 26.8 Å². The van der Waals surface area contributed by atoms with Crippen LogP contribution in [0.5, 0.6) is 0 Å². The molecule has 0 bridgehead atoms. The van der Waals surface area contributed by atoms with Gasteiger partial charge in [0.15, 0.2) is 0 Å². The highest BCUT2D eigenvalue weighted by atomic mass is 35.5. The minimum atomic E-state index is 0.716. The molecule has 0 aliphatic carbocycles. The number of rotatable bonds is 3. The largest absolute Gasteiger partial charge is 0.241 e. The van der Waals surface area contributed by atoms with Crippen molar-refractivity contribution in [3.63, 3.8) is 0 Å². The van der Waals surface area contributed by atoms with Crippen molar-refractivity contribution in [1.29, 1.82) is 0 Å². The summed E-state index contributed by atoms with van der Waals surface area (Å²) in [6.45, 7) is 2.04. The first-order chi connectivity index (χ1) is 11.7. The van der Waals surface area contributed by atoms with E-state index in [0.29, 0.717) is 5.02 Å². The molecule has 0 atom stereocenters. The van der Waals surface area contributed by atoms with E-state index in [1.165, 1.54) is 0 Å². The Bertz CT molecular complexity index is 972. The first-order valence-corrected chi connectivity index (χ1v) is 8.75. The fourth-order valence-corrected chi connectivity index (χ4v) is 3.81. The Morgan fingerprint density at radius 1 is 0.958 bits per heavy atom. The summed E-state index contributed by atoms with van der Waals surface area (Å²) in [5, 5.41) is 6.20. The van der Waals surface area contributed by atoms with Crippen LogP contribution in [0.4, 0.5) is 0 Å². The van der Waals surface area contributed by atoms with Crippen LogP contribution in [0.25, 0.3) is 26.8 Å². The highest BCUT2D eigenvalue weighted by Crippen LogP contribution is 2.35. The number of halogens is 1. The van der Waals surface area contributed by atoms with E-state index in [9.17, 15) is 0 Å². The predicted molar refractivity (Wildman–Crippen MR) is 99.9 cm³/mol. The highest BCUT2D eigenvalue weighted by molar-refractivity contribution is 7.18. The molecule has 0 unspecified atom stereocenters. The number of aryl methyl sites for hydroxylation is 1. The Kier molecular flexibility index (Phi) is 3.92. The Hall–Kier alpha value is -2.43. The smallest absolute Gasteiger partial charge is 0.124 e. The number of aromatic nitrogens is 3. The third-order valence-corrected chi connectivity index (χ3v) is 5.24. The van der Waals surface area contributed by atoms with E-state index in [2.05, 4.69) is 17.2 Å². The van der Waals surface area contributed by atoms with Gasteiger partial charge in [-0.15, -0.1) is 11.3 Å². The van der Waals surface area contributed by atoms with Crippen LogP contribution < -0.4 is 0 Å². The van der Waals surface area contributed by atoms with E-state index in [1.54, 1.807) is 11.3 Å². The summed E-state index contributed by atoms with van der Waals surface area (Å²) in [5.41, 5.74) is 4.16. The van der Waals surface area contributed by atoms with Gasteiger partial charge in [0.25, 0.3) is 0 Å². The van der Waals surface area contributed by atoms with Crippen molar-refractivity contribution < 1.29 is 0 Å². The lowest BCUT2D eigenvalue weighted by atomic mass is 10.2. The second-order valence-electron chi connectivity index (χ2n) is 5.40. The molecule has 0 N–H and O–H groups in total. The van der Waals surface area contributed by atoms with Crippen molar-refractivity contribution in [2.75, 3.05) is 0 Å². The summed E-state index contributed by atoms with van der Waals surface area (Å²) in [6, 6.07) is 19.9. The highest BCUT2D eigenvalue weighted by Gasteiger charge is 2.15. The van der Waals surface area contributed by atoms with Gasteiger partial charge in [-0.2, -0.15) is 5.10 Å². The zero-order valence-corrected chi connectivity index (χ0v) is 14.6. The summed E-state index contributed by atoms with van der Waals surface area (Å²) < 4.78 is 1.92. The third-order valence-electron chi connectivity index (χ3n) is 3.76. The van der Waals surface area contributed by atoms with Gasteiger partial charge in [-0.05, 0) is 37.3 Å². The van der Waals surface area contributed by atoms with Crippen LogP contribution in [0.1, 0.15) is 5.69 Å². The molecule has 0 fully saturated rings. The lowest BCUT2D eigenvalue weighted by molar-refractivity contribution is 0.888. The van der Waals surface area contributed by atoms with E-state index in [4.69, 9.17) is 16.6 Å². The second-order valence-corrected chi connectivity index (χ2v) is 6.84. The van der Waals surface area contributed by atoms with Gasteiger partial charge in [0.2, 0.25) is 0 Å². The first-order valence-electron chi connectivity index (χ1n) is 7.55. The number of hydrogen-bond donors (Lipinski definition) is 0. The summed E-state index contributed by atoms with van der Waals surface area (Å²) in [6.07, 6.45) is 1.81. The van der Waals surface area contributed by atoms with Crippen molar-refractivity contribution in [3.05, 3.63) is 77.6 Å². The van der Waals surface area contributed by atoms with Crippen molar-refractivity contribution in [2.45, 2.75) is 6.92 Å². The molecule has 0 radical (unpaired) electrons. The topological polar surface area (TPSA) is 30.7 Å². The molecule has 5 heteroatoms. The quantitative estimate of drug-likeness (QED) is 0.479. The van der Waals surface area contributed by atoms with Gasteiger partial charge in [0.1, 0.15) is 5.01 Å². The molecule has 24 heavy (non-hydrogen) atoms. The lowest BCUT2D eigenvalue weighted by Gasteiger charge is -2.06. The molecule has 0 saturated heterocycles. The van der Waals surface area contributed by atoms with Crippen LogP contribution in [0.15, 0.2) is 66.9 Å². The Morgan fingerprint density at radius 3 is 2.46 bits per heavy atom. The molecule has 118 valence electrons. The average Bonchev–Trinajstić information content (AvgIpc) is 3.23. The van der Waals surface area contributed by atoms with E-state index in [0.717, 1.165) is 32.5 Å². The molecule has 2 aromatic carbocycles. The molecule has 0 spiro atoms. The molecular formula is C19H14ClN3S. The summed E-state index contributed by atoms with van der Waals surface area (Å²) >= 11 is 7.67. The average molecular weight is 352 g/mol. The zero-order chi connectivity index (χ0) is 16.5. The van der Waals surface area contributed by atoms with Crippen LogP contribution >= 0.6 is 22.9 Å². The molecule has 0 amide bonds. The number of hydrogen-bond acceptors (Lipinski definition) is 3. The molecule has 0 aliphatic heterocycles. The van der Waals surface area contributed by atoms with Crippen molar-refractivity contribution >= 4 is 22.9 Å². The number of nitrogens with zero attached hydrogens (tertiary/aromatic N) is 3. The maximum atomic E-state index is 5.99. The fraction of sp³-hybridized carbons (Fsp3) is 0.0526. The van der Waals surface area contributed by atoms with Gasteiger partial charge in [-0.25, -0.2) is 9.67 Å². The number of benzene rings is 2. The summed E-state index contributed by atoms with van der Waals surface area (Å²) in [7, 11) is 0. The van der Waals surface area contributed by atoms with Crippen LogP contribution in [-0.2, 0) is 0 Å². The van der Waals surface area contributed by atoms with Crippen molar-refractivity contribution in [1.82, 2.24) is 14.8 Å². The Morgan fingerprint density at radius 2 is 1.71 bits per heavy atom. The minimum Gasteiger partial charge on any atom is -0.241 e. The first kappa shape index (κ1) is 15.1. The van der Waals surface area contributed by atoms with Gasteiger partial charge in [0, 0.05) is 10.6 Å². The summed E-state index contributed by atoms with van der Waals surface area (Å²) in [5.74, 6) is 0. The van der Waals surface area contributed by atoms with E-state index in [1.807, 2.05) is 66.3 Å². The standard InChI is InChI=1S/C19H14ClN3S/c1-13-18(24-19(22-13)14-5-3-2-4-6-14)17-11-12-21-23(17)16-9-7-15(20)8-10-16/h2-12H,1H3. The third kappa shape index (κ3) is 2.75. The Labute approximate surface area is 149 Å². The molecule has 2 heterocycles. The molecule has 2 aromatic heterocycles. The molecule has 0 aliphatic rings. The van der Waals surface area contributed by atoms with E-state index >= 15 is 0 Å². The van der Waals surface area contributed by atoms with E-state index in [-0.39, 0.29) is 0 Å². The van der Waals surface area contributed by atoms with E-state index < -0.39 is 0 Å². The Balaban J connectivity index is 1.80. The number of thiazole rings is 1. The molecule has 4 aromatic rings. The van der Waals surface area contributed by atoms with Crippen molar-refractivity contribution in [2.24, 2.45) is 0 Å². The van der Waals surface area contributed by atoms with Crippen LogP contribution in [0.2, 0.25) is 5.02 Å². The van der Waals surface area contributed by atoms with Crippen LogP contribution in [0.3, 0.4) is 0 Å². The molecule has 0 saturated carbocycles. The SMILES string of the molecule is Cc1nc(-c2ccccc2)sc1-c1ccnn1-c1ccc(Cl)cc1. The normalized spacial score (nSPS) is 10.9. The van der Waals surface area contributed by atoms with Gasteiger partial charge >= 0.3 is 0 Å². The maximum Gasteiger partial charge on any atom is 0.124 e. The predicted octanol–water partition coefficient (Wildman–Crippen LogP) is 5.62. The monoisotopic (exact) mass is 351 g/mol. The molecule has 3 nitrogen and oxygen atoms in total. The lowest BCUT2D eigenvalue weighted by Crippen LogP contribution is -1.98. The minimum absolute atomic E-state index is 0.716. The van der Waals surface area contributed by atoms with Gasteiger partial charge in [0.05, 0.1) is 28.1 Å².